The number of unbranched alkanes of at least 4 members (excludes halogenated alkanes) is 24. The van der Waals surface area contributed by atoms with E-state index >= 15 is 0 Å². The van der Waals surface area contributed by atoms with Crippen molar-refractivity contribution in [2.45, 2.75) is 218 Å². The van der Waals surface area contributed by atoms with Gasteiger partial charge in [0, 0.05) is 17.9 Å². The summed E-state index contributed by atoms with van der Waals surface area (Å²) >= 11 is 1.59. The number of rotatable bonds is 31. The summed E-state index contributed by atoms with van der Waals surface area (Å²) in [4.78, 5) is 30.3. The number of carboxylic acid groups (broad SMARTS) is 3. The first-order chi connectivity index (χ1) is 24.2. The van der Waals surface area contributed by atoms with Gasteiger partial charge in [-0.3, -0.25) is 0 Å². The normalized spacial score (nSPS) is 10.2. The van der Waals surface area contributed by atoms with Gasteiger partial charge in [-0.15, -0.1) is 0 Å². The second kappa shape index (κ2) is 47.4. The molecule has 50 heavy (non-hydrogen) atoms. The molecule has 0 spiro atoms. The molecule has 0 bridgehead atoms. The fraction of sp³-hybridized carbons (Fsp3) is 0.791. The van der Waals surface area contributed by atoms with Crippen molar-refractivity contribution in [2.75, 3.05) is 0 Å². The van der Waals surface area contributed by atoms with Crippen molar-refractivity contribution in [1.82, 2.24) is 0 Å². The molecule has 6 nitrogen and oxygen atoms in total. The molecule has 0 atom stereocenters. The van der Waals surface area contributed by atoms with Gasteiger partial charge in [0.15, 0.2) is 0 Å². The number of carboxylic acids is 3. The van der Waals surface area contributed by atoms with E-state index in [0.717, 1.165) is 38.5 Å². The minimum absolute atomic E-state index is 0.232. The van der Waals surface area contributed by atoms with Gasteiger partial charge in [-0.2, -0.15) is 0 Å². The second-order valence-electron chi connectivity index (χ2n) is 13.5. The van der Waals surface area contributed by atoms with Gasteiger partial charge in [0.2, 0.25) is 0 Å². The van der Waals surface area contributed by atoms with Crippen molar-refractivity contribution >= 4 is 40.4 Å². The molecule has 1 aromatic carbocycles. The van der Waals surface area contributed by atoms with E-state index in [9.17, 15) is 29.7 Å². The maximum atomic E-state index is 10.1. The van der Waals surface area contributed by atoms with Crippen molar-refractivity contribution in [3.63, 3.8) is 0 Å². The van der Waals surface area contributed by atoms with Gasteiger partial charge in [-0.25, -0.2) is 0 Å². The zero-order valence-electron chi connectivity index (χ0n) is 32.8. The summed E-state index contributed by atoms with van der Waals surface area (Å²) in [5.41, 5.74) is 1.45. The maximum absolute atomic E-state index is 10.1. The molecule has 0 radical (unpaired) electrons. The fourth-order valence-corrected chi connectivity index (χ4v) is 6.01. The molecule has 0 unspecified atom stereocenters. The number of hydrogen-bond donors (Lipinski definition) is 0. The Hall–Kier alpha value is -1.57. The average molecular weight is 808 g/mol. The van der Waals surface area contributed by atoms with E-state index in [1.807, 2.05) is 0 Å². The first kappa shape index (κ1) is 52.8. The molecule has 0 N–H and O–H groups in total. The van der Waals surface area contributed by atoms with Crippen LogP contribution in [0.25, 0.3) is 0 Å². The number of benzene rings is 1. The molecule has 288 valence electrons. The summed E-state index contributed by atoms with van der Waals surface area (Å²) in [6.07, 6.45) is 33.5. The molecule has 0 saturated carbocycles. The molecular formula is C43H76O6Sn. The first-order valence-corrected chi connectivity index (χ1v) is 22.5. The summed E-state index contributed by atoms with van der Waals surface area (Å²) in [5, 5.41) is 30.3. The summed E-state index contributed by atoms with van der Waals surface area (Å²) < 4.78 is 1.23. The van der Waals surface area contributed by atoms with Crippen molar-refractivity contribution in [1.29, 1.82) is 0 Å². The first-order valence-electron chi connectivity index (χ1n) is 20.5. The zero-order chi connectivity index (χ0) is 37.8. The van der Waals surface area contributed by atoms with E-state index in [-0.39, 0.29) is 19.3 Å². The van der Waals surface area contributed by atoms with Gasteiger partial charge in [0.25, 0.3) is 0 Å². The average Bonchev–Trinajstić information content (AvgIpc) is 3.10. The molecule has 0 aliphatic heterocycles. The summed E-state index contributed by atoms with van der Waals surface area (Å²) in [5.74, 6) is -2.73. The summed E-state index contributed by atoms with van der Waals surface area (Å²) in [6.45, 7) is 6.67. The van der Waals surface area contributed by atoms with Crippen molar-refractivity contribution in [3.8, 4) is 0 Å². The topological polar surface area (TPSA) is 120 Å². The molecule has 1 aromatic rings. The van der Waals surface area contributed by atoms with Crippen molar-refractivity contribution in [2.24, 2.45) is 0 Å². The molecule has 0 aliphatic rings. The van der Waals surface area contributed by atoms with Crippen LogP contribution in [0.4, 0.5) is 0 Å². The van der Waals surface area contributed by atoms with E-state index < -0.39 is 17.9 Å². The van der Waals surface area contributed by atoms with Crippen LogP contribution in [0.3, 0.4) is 0 Å². The van der Waals surface area contributed by atoms with Crippen LogP contribution in [-0.2, 0) is 18.8 Å². The van der Waals surface area contributed by atoms with Crippen LogP contribution in [0.1, 0.15) is 219 Å². The Kier molecular flexibility index (Phi) is 50.1. The summed E-state index contributed by atoms with van der Waals surface area (Å²) in [6, 6.07) is 10.5. The van der Waals surface area contributed by atoms with Gasteiger partial charge < -0.3 is 29.7 Å². The monoisotopic (exact) mass is 808 g/mol. The van der Waals surface area contributed by atoms with Crippen LogP contribution in [0.2, 0.25) is 0 Å². The third-order valence-electron chi connectivity index (χ3n) is 8.50. The molecule has 0 fully saturated rings. The van der Waals surface area contributed by atoms with E-state index in [0.29, 0.717) is 0 Å². The van der Waals surface area contributed by atoms with Crippen LogP contribution in [0.5, 0.6) is 0 Å². The van der Waals surface area contributed by atoms with Crippen LogP contribution < -0.4 is 15.3 Å². The molecule has 0 saturated heterocycles. The van der Waals surface area contributed by atoms with Crippen molar-refractivity contribution in [3.05, 3.63) is 35.9 Å². The van der Waals surface area contributed by atoms with Gasteiger partial charge >= 0.3 is 62.9 Å². The minimum atomic E-state index is -0.909. The number of carbonyl (C=O) groups is 3. The van der Waals surface area contributed by atoms with Gasteiger partial charge in [0.05, 0.1) is 0 Å². The van der Waals surface area contributed by atoms with Crippen molar-refractivity contribution < 1.29 is 29.7 Å². The third kappa shape index (κ3) is 55.8. The number of carbonyl (C=O) groups excluding carboxylic acids is 3. The second-order valence-corrected chi connectivity index (χ2v) is 14.5. The van der Waals surface area contributed by atoms with Crippen LogP contribution in [-0.4, -0.2) is 40.4 Å². The predicted octanol–water partition coefficient (Wildman–Crippen LogP) is 9.33. The molecule has 0 heterocycles. The Morgan fingerprint density at radius 1 is 0.400 bits per heavy atom. The van der Waals surface area contributed by atoms with Crippen LogP contribution in [0.15, 0.2) is 30.3 Å². The Morgan fingerprint density at radius 2 is 0.620 bits per heavy atom. The molecule has 0 amide bonds. The van der Waals surface area contributed by atoms with Crippen LogP contribution in [0, 0.1) is 0 Å². The zero-order valence-corrected chi connectivity index (χ0v) is 35.6. The van der Waals surface area contributed by atoms with E-state index in [1.165, 1.54) is 145 Å². The summed E-state index contributed by atoms with van der Waals surface area (Å²) in [7, 11) is 0. The van der Waals surface area contributed by atoms with E-state index in [1.54, 1.807) is 22.5 Å². The SMILES string of the molecule is CCCCCCCCCCCC(=O)[O-].CCCCCCCCCCCC(=O)[O-].CCCCCCCCCCCC(=O)[O-].[Sn+3][CH2]c1ccccc1. The van der Waals surface area contributed by atoms with E-state index in [2.05, 4.69) is 51.1 Å². The van der Waals surface area contributed by atoms with E-state index in [4.69, 9.17) is 0 Å². The Bertz CT molecular complexity index is 741. The third-order valence-corrected chi connectivity index (χ3v) is 9.67. The van der Waals surface area contributed by atoms with Gasteiger partial charge in [-0.1, -0.05) is 175 Å². The molecule has 1 rings (SSSR count). The Morgan fingerprint density at radius 3 is 0.800 bits per heavy atom. The molecule has 0 aliphatic carbocycles. The predicted molar refractivity (Wildman–Crippen MR) is 206 cm³/mol. The van der Waals surface area contributed by atoms with Crippen LogP contribution >= 0.6 is 0 Å². The Labute approximate surface area is 322 Å². The molecular weight excluding hydrogens is 731 g/mol. The number of hydrogen-bond acceptors (Lipinski definition) is 6. The molecule has 7 heteroatoms. The number of aliphatic carboxylic acids is 3. The Balaban J connectivity index is -0.000000599. The van der Waals surface area contributed by atoms with Gasteiger partial charge in [-0.05, 0) is 38.5 Å². The quantitative estimate of drug-likeness (QED) is 0.0545. The molecule has 0 aromatic heterocycles. The van der Waals surface area contributed by atoms with Gasteiger partial charge in [0.1, 0.15) is 0 Å². The standard InChI is InChI=1S/3C12H24O2.C7H7.Sn/c3*1-2-3-4-5-6-7-8-9-10-11-12(13)14;1-7-5-3-2-4-6-7;/h3*2-11H2,1H3,(H,13,14);2-6H,1H2;/q;;;;+3/p-3. The fourth-order valence-electron chi connectivity index (χ4n) is 5.34.